The molecule has 1 amide bonds. The monoisotopic (exact) mass is 439 g/mol. The Kier molecular flexibility index (Phi) is 7.69. The average Bonchev–Trinajstić information content (AvgIpc) is 2.83. The summed E-state index contributed by atoms with van der Waals surface area (Å²) in [6.07, 6.45) is 0. The van der Waals surface area contributed by atoms with Crippen molar-refractivity contribution in [3.8, 4) is 23.0 Å². The second-order valence-corrected chi connectivity index (χ2v) is 6.64. The van der Waals surface area contributed by atoms with Crippen molar-refractivity contribution in [3.63, 3.8) is 0 Å². The molecular formula is C23H25N3O6. The number of benzene rings is 2. The predicted octanol–water partition coefficient (Wildman–Crippen LogP) is 2.28. The number of nitrogens with zero attached hydrogens (tertiary/aromatic N) is 2. The minimum absolute atomic E-state index is 0.115. The van der Waals surface area contributed by atoms with Gasteiger partial charge in [-0.3, -0.25) is 9.59 Å². The number of aromatic nitrogens is 2. The van der Waals surface area contributed by atoms with Crippen LogP contribution < -0.4 is 29.8 Å². The van der Waals surface area contributed by atoms with Gasteiger partial charge in [-0.05, 0) is 24.3 Å². The molecule has 0 radical (unpaired) electrons. The lowest BCUT2D eigenvalue weighted by Crippen LogP contribution is -2.30. The Bertz CT molecular complexity index is 1110. The van der Waals surface area contributed by atoms with Crippen LogP contribution in [0.5, 0.6) is 23.0 Å². The molecule has 168 valence electrons. The van der Waals surface area contributed by atoms with Crippen molar-refractivity contribution in [3.05, 3.63) is 76.2 Å². The van der Waals surface area contributed by atoms with Gasteiger partial charge in [0.15, 0.2) is 11.5 Å². The molecule has 0 aliphatic rings. The van der Waals surface area contributed by atoms with Crippen LogP contribution in [0.1, 0.15) is 16.1 Å². The Labute approximate surface area is 185 Å². The lowest BCUT2D eigenvalue weighted by atomic mass is 10.1. The number of nitrogens with one attached hydrogen (secondary N) is 1. The number of amides is 1. The van der Waals surface area contributed by atoms with Crippen molar-refractivity contribution < 1.29 is 23.7 Å². The highest BCUT2D eigenvalue weighted by atomic mass is 16.5. The first-order valence-electron chi connectivity index (χ1n) is 9.88. The van der Waals surface area contributed by atoms with E-state index in [0.717, 1.165) is 0 Å². The Morgan fingerprint density at radius 1 is 0.938 bits per heavy atom. The van der Waals surface area contributed by atoms with Crippen molar-refractivity contribution in [1.29, 1.82) is 0 Å². The summed E-state index contributed by atoms with van der Waals surface area (Å²) < 4.78 is 22.8. The van der Waals surface area contributed by atoms with Crippen LogP contribution in [0.2, 0.25) is 0 Å². The number of hydrogen-bond donors (Lipinski definition) is 1. The molecule has 0 unspecified atom stereocenters. The minimum atomic E-state index is -0.431. The number of carbonyl (C=O) groups excluding carboxylic acids is 1. The van der Waals surface area contributed by atoms with E-state index in [1.165, 1.54) is 38.1 Å². The number of para-hydroxylation sites is 1. The summed E-state index contributed by atoms with van der Waals surface area (Å²) in [6.45, 7) is 0.615. The van der Waals surface area contributed by atoms with Crippen LogP contribution in [0.15, 0.2) is 59.4 Å². The van der Waals surface area contributed by atoms with Crippen LogP contribution in [-0.2, 0) is 13.1 Å². The molecule has 0 aliphatic heterocycles. The lowest BCUT2D eigenvalue weighted by molar-refractivity contribution is 0.0942. The van der Waals surface area contributed by atoms with E-state index in [0.29, 0.717) is 28.6 Å². The highest BCUT2D eigenvalue weighted by molar-refractivity contribution is 5.92. The second-order valence-electron chi connectivity index (χ2n) is 6.64. The average molecular weight is 439 g/mol. The Hall–Kier alpha value is -4.01. The minimum Gasteiger partial charge on any atom is -0.496 e. The van der Waals surface area contributed by atoms with Gasteiger partial charge in [0, 0.05) is 24.2 Å². The van der Waals surface area contributed by atoms with E-state index >= 15 is 0 Å². The molecule has 9 nitrogen and oxygen atoms in total. The Morgan fingerprint density at radius 3 is 2.31 bits per heavy atom. The fourth-order valence-electron chi connectivity index (χ4n) is 2.99. The van der Waals surface area contributed by atoms with Crippen molar-refractivity contribution in [2.24, 2.45) is 0 Å². The molecule has 3 rings (SSSR count). The molecule has 0 aliphatic carbocycles. The molecule has 0 spiro atoms. The van der Waals surface area contributed by atoms with Gasteiger partial charge in [0.1, 0.15) is 23.8 Å². The molecule has 1 N–H and O–H groups in total. The maximum absolute atomic E-state index is 12.6. The topological polar surface area (TPSA) is 101 Å². The van der Waals surface area contributed by atoms with Gasteiger partial charge in [0.25, 0.3) is 11.5 Å². The molecule has 0 saturated carbocycles. The first kappa shape index (κ1) is 22.7. The molecule has 0 atom stereocenters. The van der Waals surface area contributed by atoms with Gasteiger partial charge in [0.2, 0.25) is 0 Å². The van der Waals surface area contributed by atoms with Gasteiger partial charge in [-0.2, -0.15) is 5.10 Å². The van der Waals surface area contributed by atoms with Gasteiger partial charge in [-0.1, -0.05) is 18.2 Å². The molecule has 9 heteroatoms. The van der Waals surface area contributed by atoms with Gasteiger partial charge >= 0.3 is 0 Å². The predicted molar refractivity (Wildman–Crippen MR) is 118 cm³/mol. The molecule has 0 bridgehead atoms. The number of ether oxygens (including phenoxy) is 4. The smallest absolute Gasteiger partial charge is 0.271 e. The Morgan fingerprint density at radius 2 is 1.62 bits per heavy atom. The summed E-state index contributed by atoms with van der Waals surface area (Å²) in [6, 6.07) is 15.4. The SMILES string of the molecule is COc1cc(OC)c(OC)cc1CNC(=O)c1ccc(=O)n(CCOc2ccccc2)n1. The summed E-state index contributed by atoms with van der Waals surface area (Å²) in [5.74, 6) is 1.84. The summed E-state index contributed by atoms with van der Waals surface area (Å²) in [7, 11) is 4.59. The van der Waals surface area contributed by atoms with Gasteiger partial charge in [-0.15, -0.1) is 0 Å². The number of carbonyl (C=O) groups is 1. The zero-order valence-electron chi connectivity index (χ0n) is 18.2. The second kappa shape index (κ2) is 10.9. The largest absolute Gasteiger partial charge is 0.496 e. The molecule has 3 aromatic rings. The lowest BCUT2D eigenvalue weighted by Gasteiger charge is -2.14. The van der Waals surface area contributed by atoms with Crippen LogP contribution in [0.25, 0.3) is 0 Å². The van der Waals surface area contributed by atoms with Crippen molar-refractivity contribution in [2.45, 2.75) is 13.1 Å². The van der Waals surface area contributed by atoms with Crippen LogP contribution in [0.4, 0.5) is 0 Å². The first-order chi connectivity index (χ1) is 15.5. The van der Waals surface area contributed by atoms with Crippen molar-refractivity contribution in [1.82, 2.24) is 15.1 Å². The molecule has 1 aromatic heterocycles. The van der Waals surface area contributed by atoms with E-state index < -0.39 is 5.91 Å². The molecular weight excluding hydrogens is 414 g/mol. The molecule has 0 fully saturated rings. The number of hydrogen-bond acceptors (Lipinski definition) is 7. The maximum atomic E-state index is 12.6. The van der Waals surface area contributed by atoms with Crippen LogP contribution in [0, 0.1) is 0 Å². The van der Waals surface area contributed by atoms with Crippen molar-refractivity contribution in [2.75, 3.05) is 27.9 Å². The zero-order valence-corrected chi connectivity index (χ0v) is 18.2. The van der Waals surface area contributed by atoms with Crippen LogP contribution in [0.3, 0.4) is 0 Å². The van der Waals surface area contributed by atoms with E-state index in [1.807, 2.05) is 30.3 Å². The van der Waals surface area contributed by atoms with Gasteiger partial charge in [-0.25, -0.2) is 4.68 Å². The Balaban J connectivity index is 1.66. The number of methoxy groups -OCH3 is 3. The standard InChI is InChI=1S/C23H25N3O6/c1-29-19-14-21(31-3)20(30-2)13-16(19)15-24-23(28)18-9-10-22(27)26(25-18)11-12-32-17-7-5-4-6-8-17/h4-10,13-14H,11-12,15H2,1-3H3,(H,24,28). The third kappa shape index (κ3) is 5.57. The van der Waals surface area contributed by atoms with E-state index in [4.69, 9.17) is 18.9 Å². The highest BCUT2D eigenvalue weighted by Crippen LogP contribution is 2.34. The fraction of sp³-hybridized carbons (Fsp3) is 0.261. The summed E-state index contributed by atoms with van der Waals surface area (Å²) in [5, 5.41) is 6.94. The maximum Gasteiger partial charge on any atom is 0.271 e. The molecule has 32 heavy (non-hydrogen) atoms. The van der Waals surface area contributed by atoms with E-state index in [9.17, 15) is 9.59 Å². The van der Waals surface area contributed by atoms with Gasteiger partial charge in [0.05, 0.1) is 27.9 Å². The van der Waals surface area contributed by atoms with E-state index in [2.05, 4.69) is 10.4 Å². The third-order valence-electron chi connectivity index (χ3n) is 4.64. The first-order valence-corrected chi connectivity index (χ1v) is 9.88. The van der Waals surface area contributed by atoms with E-state index in [1.54, 1.807) is 12.1 Å². The summed E-state index contributed by atoms with van der Waals surface area (Å²) in [4.78, 5) is 24.7. The molecule has 2 aromatic carbocycles. The van der Waals surface area contributed by atoms with Crippen LogP contribution in [-0.4, -0.2) is 43.6 Å². The highest BCUT2D eigenvalue weighted by Gasteiger charge is 2.14. The molecule has 0 saturated heterocycles. The molecule has 1 heterocycles. The normalized spacial score (nSPS) is 10.3. The quantitative estimate of drug-likeness (QED) is 0.517. The van der Waals surface area contributed by atoms with Gasteiger partial charge < -0.3 is 24.3 Å². The fourth-order valence-corrected chi connectivity index (χ4v) is 2.99. The van der Waals surface area contributed by atoms with E-state index in [-0.39, 0.29) is 30.9 Å². The van der Waals surface area contributed by atoms with Crippen molar-refractivity contribution >= 4 is 5.91 Å². The number of rotatable bonds is 10. The third-order valence-corrected chi connectivity index (χ3v) is 4.64. The zero-order chi connectivity index (χ0) is 22.9. The summed E-state index contributed by atoms with van der Waals surface area (Å²) in [5.41, 5.74) is 0.492. The summed E-state index contributed by atoms with van der Waals surface area (Å²) >= 11 is 0. The van der Waals surface area contributed by atoms with Crippen LogP contribution >= 0.6 is 0 Å².